The molecule has 98 valence electrons. The zero-order valence-corrected chi connectivity index (χ0v) is 11.6. The van der Waals surface area contributed by atoms with E-state index in [2.05, 4.69) is 11.1 Å². The highest BCUT2D eigenvalue weighted by Crippen LogP contribution is 2.59. The third-order valence-electron chi connectivity index (χ3n) is 5.59. The lowest BCUT2D eigenvalue weighted by molar-refractivity contribution is -0.00288. The lowest BCUT2D eigenvalue weighted by Crippen LogP contribution is -2.43. The predicted molar refractivity (Wildman–Crippen MR) is 73.7 cm³/mol. The van der Waals surface area contributed by atoms with Crippen LogP contribution in [-0.2, 0) is 0 Å². The van der Waals surface area contributed by atoms with Gasteiger partial charge in [-0.2, -0.15) is 5.26 Å². The van der Waals surface area contributed by atoms with Gasteiger partial charge in [-0.3, -0.25) is 0 Å². The average molecular weight is 273 g/mol. The van der Waals surface area contributed by atoms with E-state index >= 15 is 0 Å². The fourth-order valence-corrected chi connectivity index (χ4v) is 5.34. The number of rotatable bonds is 1. The van der Waals surface area contributed by atoms with Crippen molar-refractivity contribution < 1.29 is 0 Å². The molecule has 4 saturated carbocycles. The minimum absolute atomic E-state index is 0.343. The molecule has 0 unspecified atom stereocenters. The van der Waals surface area contributed by atoms with E-state index in [0.717, 1.165) is 23.7 Å². The van der Waals surface area contributed by atoms with Crippen molar-refractivity contribution in [1.82, 2.24) is 4.98 Å². The molecule has 0 amide bonds. The number of nitriles is 1. The van der Waals surface area contributed by atoms with Crippen molar-refractivity contribution in [2.45, 2.75) is 38.0 Å². The maximum absolute atomic E-state index is 9.12. The van der Waals surface area contributed by atoms with Crippen molar-refractivity contribution >= 4 is 11.6 Å². The lowest BCUT2D eigenvalue weighted by Gasteiger charge is -2.54. The summed E-state index contributed by atoms with van der Waals surface area (Å²) in [6.45, 7) is 0. The summed E-state index contributed by atoms with van der Waals surface area (Å²) in [6.07, 6.45) is 8.95. The Hall–Kier alpha value is -1.07. The topological polar surface area (TPSA) is 36.7 Å². The highest BCUT2D eigenvalue weighted by Gasteiger charge is 2.48. The van der Waals surface area contributed by atoms with Crippen LogP contribution in [0.4, 0.5) is 0 Å². The van der Waals surface area contributed by atoms with E-state index in [4.69, 9.17) is 16.9 Å². The van der Waals surface area contributed by atoms with Crippen molar-refractivity contribution in [2.24, 2.45) is 23.7 Å². The summed E-state index contributed by atoms with van der Waals surface area (Å²) in [7, 11) is 0. The minimum Gasteiger partial charge on any atom is -0.243 e. The molecular weight excluding hydrogens is 256 g/mol. The van der Waals surface area contributed by atoms with Gasteiger partial charge in [-0.1, -0.05) is 11.6 Å². The van der Waals surface area contributed by atoms with Crippen LogP contribution in [0.5, 0.6) is 0 Å². The highest BCUT2D eigenvalue weighted by molar-refractivity contribution is 6.30. The fourth-order valence-electron chi connectivity index (χ4n) is 5.19. The summed E-state index contributed by atoms with van der Waals surface area (Å²) < 4.78 is 0. The quantitative estimate of drug-likeness (QED) is 0.720. The van der Waals surface area contributed by atoms with Crippen LogP contribution in [0, 0.1) is 35.0 Å². The first-order valence-electron chi connectivity index (χ1n) is 7.30. The molecule has 3 heteroatoms. The molecule has 1 aromatic rings. The fraction of sp³-hybridized carbons (Fsp3) is 0.625. The number of hydrogen-bond donors (Lipinski definition) is 0. The molecule has 4 aliphatic rings. The van der Waals surface area contributed by atoms with Crippen LogP contribution in [0.15, 0.2) is 12.3 Å². The van der Waals surface area contributed by atoms with Crippen molar-refractivity contribution in [2.75, 3.05) is 0 Å². The number of pyridine rings is 1. The van der Waals surface area contributed by atoms with E-state index in [1.807, 2.05) is 12.3 Å². The number of aromatic nitrogens is 1. The van der Waals surface area contributed by atoms with E-state index in [1.54, 1.807) is 0 Å². The van der Waals surface area contributed by atoms with Gasteiger partial charge in [0.2, 0.25) is 0 Å². The van der Waals surface area contributed by atoms with Crippen LogP contribution in [0.3, 0.4) is 0 Å². The monoisotopic (exact) mass is 272 g/mol. The van der Waals surface area contributed by atoms with Gasteiger partial charge in [0, 0.05) is 6.20 Å². The van der Waals surface area contributed by atoms with Gasteiger partial charge < -0.3 is 0 Å². The van der Waals surface area contributed by atoms with Crippen LogP contribution in [0.25, 0.3) is 0 Å². The first kappa shape index (κ1) is 11.7. The van der Waals surface area contributed by atoms with Crippen molar-refractivity contribution in [3.05, 3.63) is 28.5 Å². The van der Waals surface area contributed by atoms with Crippen LogP contribution in [0.1, 0.15) is 49.1 Å². The summed E-state index contributed by atoms with van der Waals surface area (Å²) >= 11 is 5.95. The van der Waals surface area contributed by atoms with Gasteiger partial charge in [0.15, 0.2) is 0 Å². The summed E-state index contributed by atoms with van der Waals surface area (Å²) in [6, 6.07) is 4.15. The van der Waals surface area contributed by atoms with E-state index in [1.165, 1.54) is 37.7 Å². The third-order valence-corrected chi connectivity index (χ3v) is 5.89. The van der Waals surface area contributed by atoms with Crippen molar-refractivity contribution in [3.63, 3.8) is 0 Å². The van der Waals surface area contributed by atoms with Gasteiger partial charge in [0.05, 0.1) is 5.56 Å². The molecule has 4 bridgehead atoms. The molecule has 4 fully saturated rings. The Labute approximate surface area is 118 Å². The third kappa shape index (κ3) is 1.79. The molecule has 0 spiro atoms. The number of hydrogen-bond acceptors (Lipinski definition) is 2. The Balaban J connectivity index is 1.71. The smallest absolute Gasteiger partial charge is 0.146 e. The second kappa shape index (κ2) is 4.21. The van der Waals surface area contributed by atoms with E-state index < -0.39 is 0 Å². The maximum atomic E-state index is 9.12. The highest BCUT2D eigenvalue weighted by atomic mass is 35.5. The second-order valence-electron chi connectivity index (χ2n) is 6.68. The zero-order valence-electron chi connectivity index (χ0n) is 10.8. The molecule has 0 atom stereocenters. The van der Waals surface area contributed by atoms with E-state index in [9.17, 15) is 0 Å². The summed E-state index contributed by atoms with van der Waals surface area (Å²) in [4.78, 5) is 4.23. The standard InChI is InChI=1S/C16H17ClN2/c17-16-13(7-18)6-14(8-19-16)15-11-2-9-1-10(4-11)5-12(15)3-9/h6,8-12,15H,1-5H2. The molecular formula is C16H17ClN2. The summed E-state index contributed by atoms with van der Waals surface area (Å²) in [5.41, 5.74) is 1.79. The molecule has 0 aromatic carbocycles. The predicted octanol–water partition coefficient (Wildman–Crippen LogP) is 4.15. The average Bonchev–Trinajstić information content (AvgIpc) is 2.39. The van der Waals surface area contributed by atoms with Crippen molar-refractivity contribution in [3.8, 4) is 6.07 Å². The largest absolute Gasteiger partial charge is 0.243 e. The van der Waals surface area contributed by atoms with Crippen LogP contribution < -0.4 is 0 Å². The minimum atomic E-state index is 0.343. The lowest BCUT2D eigenvalue weighted by atomic mass is 9.51. The molecule has 0 aliphatic heterocycles. The zero-order chi connectivity index (χ0) is 13.0. The first-order valence-corrected chi connectivity index (χ1v) is 7.68. The van der Waals surface area contributed by atoms with Crippen LogP contribution >= 0.6 is 11.6 Å². The van der Waals surface area contributed by atoms with Gasteiger partial charge in [0.1, 0.15) is 11.2 Å². The molecule has 2 nitrogen and oxygen atoms in total. The van der Waals surface area contributed by atoms with E-state index in [-0.39, 0.29) is 0 Å². The Morgan fingerprint density at radius 3 is 2.32 bits per heavy atom. The first-order chi connectivity index (χ1) is 9.24. The Kier molecular flexibility index (Phi) is 2.60. The number of halogens is 1. The molecule has 0 radical (unpaired) electrons. The Morgan fingerprint density at radius 2 is 1.74 bits per heavy atom. The van der Waals surface area contributed by atoms with Crippen LogP contribution in [0.2, 0.25) is 5.15 Å². The summed E-state index contributed by atoms with van der Waals surface area (Å²) in [5, 5.41) is 9.46. The second-order valence-corrected chi connectivity index (χ2v) is 7.03. The van der Waals surface area contributed by atoms with Gasteiger partial charge in [0.25, 0.3) is 0 Å². The number of nitrogens with zero attached hydrogens (tertiary/aromatic N) is 2. The van der Waals surface area contributed by atoms with E-state index in [0.29, 0.717) is 16.6 Å². The molecule has 0 saturated heterocycles. The molecule has 1 aromatic heterocycles. The van der Waals surface area contributed by atoms with Gasteiger partial charge in [-0.15, -0.1) is 0 Å². The molecule has 4 aliphatic carbocycles. The normalized spacial score (nSPS) is 39.3. The molecule has 19 heavy (non-hydrogen) atoms. The molecule has 1 heterocycles. The Bertz CT molecular complexity index is 532. The van der Waals surface area contributed by atoms with Crippen molar-refractivity contribution in [1.29, 1.82) is 5.26 Å². The summed E-state index contributed by atoms with van der Waals surface area (Å²) in [5.74, 6) is 4.24. The van der Waals surface area contributed by atoms with Gasteiger partial charge in [-0.25, -0.2) is 4.98 Å². The van der Waals surface area contributed by atoms with Gasteiger partial charge in [-0.05, 0) is 73.3 Å². The van der Waals surface area contributed by atoms with Crippen LogP contribution in [-0.4, -0.2) is 4.98 Å². The van der Waals surface area contributed by atoms with Gasteiger partial charge >= 0.3 is 0 Å². The SMILES string of the molecule is N#Cc1cc(C2C3CC4CC(C3)CC2C4)cnc1Cl. The Morgan fingerprint density at radius 1 is 1.11 bits per heavy atom. The molecule has 5 rings (SSSR count). The maximum Gasteiger partial charge on any atom is 0.146 e. The molecule has 0 N–H and O–H groups in total.